The minimum Gasteiger partial charge on any atom is -0.495 e. The zero-order valence-electron chi connectivity index (χ0n) is 18.4. The number of ether oxygens (including phenoxy) is 2. The summed E-state index contributed by atoms with van der Waals surface area (Å²) in [5, 5.41) is 0. The number of carbonyl (C=O) groups excluding carboxylic acids is 2. The molecule has 1 aromatic carbocycles. The molecule has 1 unspecified atom stereocenters. The molecule has 5 atom stereocenters. The molecule has 162 valence electrons. The number of nitrogens with zero attached hydrogens (tertiary/aromatic N) is 2. The summed E-state index contributed by atoms with van der Waals surface area (Å²) < 4.78 is 11.6. The van der Waals surface area contributed by atoms with Crippen LogP contribution in [-0.4, -0.2) is 55.2 Å². The van der Waals surface area contributed by atoms with E-state index in [0.717, 1.165) is 56.6 Å². The van der Waals surface area contributed by atoms with Crippen LogP contribution >= 0.6 is 0 Å². The number of hydrogen-bond donors (Lipinski definition) is 0. The van der Waals surface area contributed by atoms with Crippen molar-refractivity contribution >= 4 is 17.6 Å². The van der Waals surface area contributed by atoms with Crippen molar-refractivity contribution in [3.05, 3.63) is 23.8 Å². The molecule has 1 saturated carbocycles. The summed E-state index contributed by atoms with van der Waals surface area (Å²) >= 11 is 0. The number of amides is 1. The number of fused-ring (bicyclic) bond motifs is 1. The summed E-state index contributed by atoms with van der Waals surface area (Å²) in [6, 6.07) is 6.63. The summed E-state index contributed by atoms with van der Waals surface area (Å²) in [5.41, 5.74) is 1.99. The van der Waals surface area contributed by atoms with E-state index in [4.69, 9.17) is 9.47 Å². The molecular formula is C24H32N2O4. The van der Waals surface area contributed by atoms with Crippen LogP contribution in [0.2, 0.25) is 0 Å². The van der Waals surface area contributed by atoms with E-state index in [9.17, 15) is 9.59 Å². The lowest BCUT2D eigenvalue weighted by Gasteiger charge is -2.60. The van der Waals surface area contributed by atoms with Gasteiger partial charge in [0.1, 0.15) is 11.9 Å². The van der Waals surface area contributed by atoms with Gasteiger partial charge in [0.25, 0.3) is 0 Å². The van der Waals surface area contributed by atoms with Gasteiger partial charge in [-0.3, -0.25) is 14.5 Å². The van der Waals surface area contributed by atoms with E-state index >= 15 is 0 Å². The van der Waals surface area contributed by atoms with Crippen LogP contribution < -0.4 is 9.64 Å². The molecule has 4 aliphatic rings. The van der Waals surface area contributed by atoms with Gasteiger partial charge in [-0.1, -0.05) is 12.1 Å². The fraction of sp³-hybridized carbons (Fsp3) is 0.667. The van der Waals surface area contributed by atoms with Crippen molar-refractivity contribution in [2.75, 3.05) is 25.1 Å². The Kier molecular flexibility index (Phi) is 4.44. The average Bonchev–Trinajstić information content (AvgIpc) is 3.25. The molecule has 6 nitrogen and oxygen atoms in total. The molecule has 0 radical (unpaired) electrons. The monoisotopic (exact) mass is 412 g/mol. The Bertz CT molecular complexity index is 901. The van der Waals surface area contributed by atoms with Crippen LogP contribution in [-0.2, 0) is 19.7 Å². The van der Waals surface area contributed by atoms with E-state index < -0.39 is 0 Å². The lowest BCUT2D eigenvalue weighted by molar-refractivity contribution is -0.165. The molecular weight excluding hydrogens is 380 g/mol. The van der Waals surface area contributed by atoms with Crippen LogP contribution in [0.25, 0.3) is 0 Å². The first-order valence-corrected chi connectivity index (χ1v) is 11.3. The lowest BCUT2D eigenvalue weighted by atomic mass is 9.51. The van der Waals surface area contributed by atoms with Crippen LogP contribution in [0.3, 0.4) is 0 Å². The van der Waals surface area contributed by atoms with Crippen LogP contribution in [0.5, 0.6) is 5.75 Å². The molecule has 1 aromatic rings. The van der Waals surface area contributed by atoms with Gasteiger partial charge >= 0.3 is 5.97 Å². The Labute approximate surface area is 178 Å². The predicted octanol–water partition coefficient (Wildman–Crippen LogP) is 3.27. The van der Waals surface area contributed by atoms with Crippen molar-refractivity contribution in [2.45, 2.75) is 76.5 Å². The highest BCUT2D eigenvalue weighted by atomic mass is 16.5. The van der Waals surface area contributed by atoms with E-state index in [-0.39, 0.29) is 40.9 Å². The number of esters is 1. The van der Waals surface area contributed by atoms with Gasteiger partial charge in [0.05, 0.1) is 12.8 Å². The smallest absolute Gasteiger partial charge is 0.302 e. The van der Waals surface area contributed by atoms with Crippen molar-refractivity contribution in [2.24, 2.45) is 5.41 Å². The van der Waals surface area contributed by atoms with Gasteiger partial charge in [-0.25, -0.2) is 0 Å². The highest BCUT2D eigenvalue weighted by molar-refractivity contribution is 5.98. The molecule has 1 amide bonds. The van der Waals surface area contributed by atoms with Crippen LogP contribution in [0, 0.1) is 5.41 Å². The Morgan fingerprint density at radius 3 is 2.67 bits per heavy atom. The Hall–Kier alpha value is -2.08. The van der Waals surface area contributed by atoms with E-state index in [1.807, 2.05) is 11.0 Å². The van der Waals surface area contributed by atoms with Crippen LogP contribution in [0.1, 0.15) is 58.4 Å². The quantitative estimate of drug-likeness (QED) is 0.713. The highest BCUT2D eigenvalue weighted by Crippen LogP contribution is 2.66. The van der Waals surface area contributed by atoms with Gasteiger partial charge in [0.2, 0.25) is 5.91 Å². The third-order valence-corrected chi connectivity index (χ3v) is 8.54. The molecule has 3 heterocycles. The fourth-order valence-electron chi connectivity index (χ4n) is 7.72. The normalized spacial score (nSPS) is 35.3. The Morgan fingerprint density at radius 2 is 1.97 bits per heavy atom. The summed E-state index contributed by atoms with van der Waals surface area (Å²) in [4.78, 5) is 29.4. The maximum atomic E-state index is 12.9. The summed E-state index contributed by atoms with van der Waals surface area (Å²) in [7, 11) is 1.68. The molecule has 1 spiro atoms. The maximum absolute atomic E-state index is 12.9. The number of benzene rings is 1. The molecule has 5 rings (SSSR count). The van der Waals surface area contributed by atoms with E-state index in [2.05, 4.69) is 24.0 Å². The van der Waals surface area contributed by atoms with Crippen molar-refractivity contribution < 1.29 is 19.1 Å². The third-order valence-electron chi connectivity index (χ3n) is 8.54. The number of hydrogen-bond acceptors (Lipinski definition) is 5. The second-order valence-electron chi connectivity index (χ2n) is 9.62. The first-order valence-electron chi connectivity index (χ1n) is 11.3. The lowest BCUT2D eigenvalue weighted by Crippen LogP contribution is -2.68. The highest BCUT2D eigenvalue weighted by Gasteiger charge is 2.70. The van der Waals surface area contributed by atoms with Gasteiger partial charge < -0.3 is 14.4 Å². The third kappa shape index (κ3) is 2.34. The number of carbonyl (C=O) groups is 2. The molecule has 0 N–H and O–H groups in total. The molecule has 30 heavy (non-hydrogen) atoms. The molecule has 3 aliphatic heterocycles. The first-order chi connectivity index (χ1) is 14.4. The number of anilines is 1. The van der Waals surface area contributed by atoms with Crippen molar-refractivity contribution in [1.82, 2.24) is 4.90 Å². The standard InChI is InChI=1S/C24H32N2O4/c1-15(30-17(3)28)23-10-6-13-25-14-12-24(22(23)25)18-7-5-8-19(29-4)21(18)26(16(2)27)20(24)9-11-23/h5,7-8,15,20,22H,6,9-14H2,1-4H3/t15?,20-,22-,23-,24-/m1/s1. The molecule has 6 heteroatoms. The SMILES string of the molecule is COc1cccc2c1N(C(C)=O)[C@@H]1CC[C@@]3(C(C)OC(C)=O)CCCN4CC[C@@]21[C@H]43. The largest absolute Gasteiger partial charge is 0.495 e. The van der Waals surface area contributed by atoms with Crippen LogP contribution in [0.15, 0.2) is 18.2 Å². The number of rotatable bonds is 3. The summed E-state index contributed by atoms with van der Waals surface area (Å²) in [6.45, 7) is 7.37. The predicted molar refractivity (Wildman–Crippen MR) is 114 cm³/mol. The molecule has 0 aromatic heterocycles. The zero-order chi connectivity index (χ0) is 21.3. The molecule has 3 fully saturated rings. The Balaban J connectivity index is 1.72. The minimum atomic E-state index is -0.206. The molecule has 0 bridgehead atoms. The second-order valence-corrected chi connectivity index (χ2v) is 9.62. The van der Waals surface area contributed by atoms with E-state index in [1.54, 1.807) is 14.0 Å². The first kappa shape index (κ1) is 19.9. The second kappa shape index (κ2) is 6.71. The zero-order valence-corrected chi connectivity index (χ0v) is 18.4. The molecule has 2 saturated heterocycles. The molecule has 1 aliphatic carbocycles. The number of methoxy groups -OCH3 is 1. The Morgan fingerprint density at radius 1 is 1.17 bits per heavy atom. The van der Waals surface area contributed by atoms with Crippen molar-refractivity contribution in [1.29, 1.82) is 0 Å². The van der Waals surface area contributed by atoms with Crippen LogP contribution in [0.4, 0.5) is 5.69 Å². The van der Waals surface area contributed by atoms with Gasteiger partial charge in [0.15, 0.2) is 0 Å². The van der Waals surface area contributed by atoms with Crippen molar-refractivity contribution in [3.63, 3.8) is 0 Å². The van der Waals surface area contributed by atoms with Crippen molar-refractivity contribution in [3.8, 4) is 5.75 Å². The topological polar surface area (TPSA) is 59.1 Å². The van der Waals surface area contributed by atoms with Gasteiger partial charge in [-0.2, -0.15) is 0 Å². The minimum absolute atomic E-state index is 0.0793. The van der Waals surface area contributed by atoms with Gasteiger partial charge in [0, 0.05) is 36.8 Å². The number of para-hydroxylation sites is 1. The maximum Gasteiger partial charge on any atom is 0.302 e. The number of piperidine rings is 1. The average molecular weight is 413 g/mol. The summed E-state index contributed by atoms with van der Waals surface area (Å²) in [6.07, 6.45) is 4.98. The van der Waals surface area contributed by atoms with E-state index in [0.29, 0.717) is 0 Å². The van der Waals surface area contributed by atoms with E-state index in [1.165, 1.54) is 12.5 Å². The summed E-state index contributed by atoms with van der Waals surface area (Å²) in [5.74, 6) is 0.652. The van der Waals surface area contributed by atoms with Gasteiger partial charge in [-0.05, 0) is 63.7 Å². The fourth-order valence-corrected chi connectivity index (χ4v) is 7.72. The van der Waals surface area contributed by atoms with Gasteiger partial charge in [-0.15, -0.1) is 0 Å².